The molecule has 0 bridgehead atoms. The average molecular weight is 553 g/mol. The highest BCUT2D eigenvalue weighted by Crippen LogP contribution is 2.48. The minimum absolute atomic E-state index is 0.0815. The van der Waals surface area contributed by atoms with Crippen molar-refractivity contribution in [2.24, 2.45) is 0 Å². The number of halogens is 2. The smallest absolute Gasteiger partial charge is 0.351 e. The lowest BCUT2D eigenvalue weighted by atomic mass is 9.93. The third-order valence-electron chi connectivity index (χ3n) is 6.62. The lowest BCUT2D eigenvalue weighted by Crippen LogP contribution is -2.49. The molecule has 38 heavy (non-hydrogen) atoms. The summed E-state index contributed by atoms with van der Waals surface area (Å²) in [5.41, 5.74) is 4.55. The Kier molecular flexibility index (Phi) is 7.65. The molecular weight excluding hydrogens is 525 g/mol. The molecule has 1 amide bonds. The Hall–Kier alpha value is -3.65. The second kappa shape index (κ2) is 10.6. The van der Waals surface area contributed by atoms with Crippen LogP contribution in [0.2, 0.25) is 10.0 Å². The fourth-order valence-corrected chi connectivity index (χ4v) is 5.40. The molecule has 0 fully saturated rings. The number of ketones is 1. The largest absolute Gasteiger partial charge is 0.495 e. The number of hydrogen-bond donors (Lipinski definition) is 1. The Morgan fingerprint density at radius 2 is 1.76 bits per heavy atom. The molecule has 1 aliphatic rings. The number of ether oxygens (including phenoxy) is 2. The van der Waals surface area contributed by atoms with Gasteiger partial charge in [-0.05, 0) is 30.7 Å². The number of nitrogens with one attached hydrogen (secondary N) is 1. The number of nitrogens with zero attached hydrogens (tertiary/aromatic N) is 2. The van der Waals surface area contributed by atoms with E-state index in [1.165, 1.54) is 20.3 Å². The topological polar surface area (TPSA) is 77.5 Å². The number of pyridine rings is 1. The second-order valence-electron chi connectivity index (χ2n) is 9.27. The molecule has 0 unspecified atom stereocenters. The summed E-state index contributed by atoms with van der Waals surface area (Å²) in [6.45, 7) is 5.47. The van der Waals surface area contributed by atoms with E-state index in [2.05, 4.69) is 16.9 Å². The molecule has 0 radical (unpaired) electrons. The van der Waals surface area contributed by atoms with Gasteiger partial charge in [-0.2, -0.15) is 0 Å². The van der Waals surface area contributed by atoms with Crippen LogP contribution in [-0.4, -0.2) is 45.0 Å². The van der Waals surface area contributed by atoms with Crippen molar-refractivity contribution in [1.82, 2.24) is 9.47 Å². The molecule has 9 heteroatoms. The number of likely N-dealkylation sites (N-methyl/N-ethyl adjacent to an activating group) is 1. The van der Waals surface area contributed by atoms with Crippen molar-refractivity contribution in [3.63, 3.8) is 0 Å². The summed E-state index contributed by atoms with van der Waals surface area (Å²) in [4.78, 5) is 30.6. The van der Waals surface area contributed by atoms with Crippen molar-refractivity contribution in [2.75, 3.05) is 33.6 Å². The first-order chi connectivity index (χ1) is 18.0. The molecule has 0 spiro atoms. The number of allylic oxidation sites excluding steroid dienone is 1. The standard InChI is InChI=1S/C29H27Cl2N3O4/c1-7-19(35)12-17-10-8-9-11-21(17)33-28-16(2)27-18(15-32-28)13-20(29(36)34(27,3)4)24-25(30)22(37-5)14-23(38-6)26(24)31/h7-11,13-15H,1,12H2,2-6H3/p+1. The number of rotatable bonds is 8. The predicted molar refractivity (Wildman–Crippen MR) is 154 cm³/mol. The van der Waals surface area contributed by atoms with Gasteiger partial charge in [0.15, 0.2) is 11.5 Å². The first-order valence-electron chi connectivity index (χ1n) is 11.8. The van der Waals surface area contributed by atoms with E-state index in [1.807, 2.05) is 31.2 Å². The zero-order valence-electron chi connectivity index (χ0n) is 21.8. The molecule has 2 aromatic carbocycles. The van der Waals surface area contributed by atoms with Crippen molar-refractivity contribution in [2.45, 2.75) is 13.3 Å². The maximum absolute atomic E-state index is 14.0. The number of carbonyl (C=O) groups is 2. The highest BCUT2D eigenvalue weighted by atomic mass is 35.5. The lowest BCUT2D eigenvalue weighted by Gasteiger charge is -2.34. The van der Waals surface area contributed by atoms with E-state index in [0.717, 1.165) is 28.1 Å². The van der Waals surface area contributed by atoms with Crippen LogP contribution in [0.15, 0.2) is 49.2 Å². The van der Waals surface area contributed by atoms with Crippen molar-refractivity contribution in [1.29, 1.82) is 0 Å². The minimum atomic E-state index is -0.214. The van der Waals surface area contributed by atoms with Gasteiger partial charge in [0, 0.05) is 29.9 Å². The van der Waals surface area contributed by atoms with Crippen molar-refractivity contribution in [3.05, 3.63) is 81.5 Å². The number of hydrogen-bond acceptors (Lipinski definition) is 6. The van der Waals surface area contributed by atoms with Gasteiger partial charge < -0.3 is 14.8 Å². The fraction of sp³-hybridized carbons (Fsp3) is 0.207. The quantitative estimate of drug-likeness (QED) is 0.257. The number of para-hydroxylation sites is 1. The van der Waals surface area contributed by atoms with Crippen LogP contribution in [0.1, 0.15) is 22.3 Å². The fourth-order valence-electron chi connectivity index (χ4n) is 4.70. The van der Waals surface area contributed by atoms with Crippen LogP contribution in [0.5, 0.6) is 11.5 Å². The van der Waals surface area contributed by atoms with E-state index in [0.29, 0.717) is 28.5 Å². The van der Waals surface area contributed by atoms with Gasteiger partial charge in [0.25, 0.3) is 0 Å². The number of quaternary nitrogens is 1. The Balaban J connectivity index is 1.85. The molecule has 1 aromatic heterocycles. The number of benzene rings is 2. The zero-order chi connectivity index (χ0) is 27.8. The Morgan fingerprint density at radius 3 is 2.37 bits per heavy atom. The summed E-state index contributed by atoms with van der Waals surface area (Å²) < 4.78 is 10.7. The van der Waals surface area contributed by atoms with Crippen LogP contribution in [0.3, 0.4) is 0 Å². The maximum atomic E-state index is 14.0. The summed E-state index contributed by atoms with van der Waals surface area (Å²) in [7, 11) is 6.58. The Bertz CT molecular complexity index is 1480. The van der Waals surface area contributed by atoms with Crippen molar-refractivity contribution in [3.8, 4) is 11.5 Å². The van der Waals surface area contributed by atoms with E-state index in [4.69, 9.17) is 32.7 Å². The van der Waals surface area contributed by atoms with Gasteiger partial charge in [-0.25, -0.2) is 14.3 Å². The van der Waals surface area contributed by atoms with Gasteiger partial charge in [-0.1, -0.05) is 48.0 Å². The van der Waals surface area contributed by atoms with Gasteiger partial charge >= 0.3 is 5.91 Å². The number of fused-ring (bicyclic) bond motifs is 1. The molecule has 4 rings (SSSR count). The summed E-state index contributed by atoms with van der Waals surface area (Å²) >= 11 is 13.3. The Morgan fingerprint density at radius 1 is 1.13 bits per heavy atom. The SMILES string of the molecule is C=CC(=O)Cc1ccccc1Nc1ncc2c(c1C)[N+](C)(C)C(=O)C(c1c(Cl)c(OC)cc(OC)c1Cl)=C2. The molecular formula is C29H28Cl2N3O4+. The van der Waals surface area contributed by atoms with Crippen LogP contribution < -0.4 is 19.3 Å². The molecule has 3 aromatic rings. The van der Waals surface area contributed by atoms with Crippen molar-refractivity contribution < 1.29 is 19.1 Å². The lowest BCUT2D eigenvalue weighted by molar-refractivity contribution is -0.122. The van der Waals surface area contributed by atoms with Crippen LogP contribution in [-0.2, 0) is 16.0 Å². The summed E-state index contributed by atoms with van der Waals surface area (Å²) in [6.07, 6.45) is 4.97. The molecule has 0 saturated carbocycles. The predicted octanol–water partition coefficient (Wildman–Crippen LogP) is 6.40. The van der Waals surface area contributed by atoms with Gasteiger partial charge in [0.1, 0.15) is 17.3 Å². The monoisotopic (exact) mass is 552 g/mol. The third-order valence-corrected chi connectivity index (χ3v) is 7.37. The first-order valence-corrected chi connectivity index (χ1v) is 12.5. The second-order valence-corrected chi connectivity index (χ2v) is 10.0. The highest BCUT2D eigenvalue weighted by molar-refractivity contribution is 6.44. The average Bonchev–Trinajstić information content (AvgIpc) is 2.89. The summed E-state index contributed by atoms with van der Waals surface area (Å²) in [6, 6.07) is 9.10. The van der Waals surface area contributed by atoms with Crippen LogP contribution in [0.25, 0.3) is 11.6 Å². The third kappa shape index (κ3) is 4.69. The minimum Gasteiger partial charge on any atom is -0.495 e. The van der Waals surface area contributed by atoms with Gasteiger partial charge in [-0.3, -0.25) is 4.79 Å². The van der Waals surface area contributed by atoms with Crippen LogP contribution in [0.4, 0.5) is 17.2 Å². The molecule has 2 heterocycles. The highest BCUT2D eigenvalue weighted by Gasteiger charge is 2.42. The molecule has 0 atom stereocenters. The number of carbonyl (C=O) groups excluding carboxylic acids is 2. The molecule has 196 valence electrons. The van der Waals surface area contributed by atoms with Gasteiger partial charge in [-0.15, -0.1) is 0 Å². The van der Waals surface area contributed by atoms with E-state index in [9.17, 15) is 9.59 Å². The molecule has 1 N–H and O–H groups in total. The number of anilines is 2. The van der Waals surface area contributed by atoms with E-state index < -0.39 is 0 Å². The Labute approximate surface area is 231 Å². The van der Waals surface area contributed by atoms with E-state index in [-0.39, 0.29) is 32.6 Å². The number of amides is 1. The van der Waals surface area contributed by atoms with E-state index in [1.54, 1.807) is 32.4 Å². The maximum Gasteiger partial charge on any atom is 0.351 e. The van der Waals surface area contributed by atoms with Gasteiger partial charge in [0.05, 0.1) is 55.1 Å². The summed E-state index contributed by atoms with van der Waals surface area (Å²) in [5.74, 6) is 0.971. The summed E-state index contributed by atoms with van der Waals surface area (Å²) in [5, 5.41) is 3.78. The molecule has 0 aliphatic carbocycles. The normalized spacial score (nSPS) is 13.9. The van der Waals surface area contributed by atoms with Gasteiger partial charge in [0.2, 0.25) is 0 Å². The zero-order valence-corrected chi connectivity index (χ0v) is 23.3. The van der Waals surface area contributed by atoms with Crippen molar-refractivity contribution >= 4 is 63.7 Å². The number of aromatic nitrogens is 1. The molecule has 0 saturated heterocycles. The van der Waals surface area contributed by atoms with E-state index >= 15 is 0 Å². The molecule has 1 aliphatic heterocycles. The molecule has 7 nitrogen and oxygen atoms in total. The number of methoxy groups -OCH3 is 2. The first kappa shape index (κ1) is 27.4. The van der Waals surface area contributed by atoms with Crippen LogP contribution >= 0.6 is 23.2 Å². The van der Waals surface area contributed by atoms with Crippen LogP contribution in [0, 0.1) is 6.92 Å².